The molecule has 4 atom stereocenters. The Morgan fingerprint density at radius 3 is 2.02 bits per heavy atom. The molecule has 0 saturated carbocycles. The number of aliphatic carboxylic acids is 3. The van der Waals surface area contributed by atoms with Crippen LogP contribution in [0.1, 0.15) is 54.6 Å². The number of amides is 5. The minimum atomic E-state index is -1.80. The summed E-state index contributed by atoms with van der Waals surface area (Å²) in [7, 11) is 1.20. The van der Waals surface area contributed by atoms with Crippen LogP contribution in [0.15, 0.2) is 40.2 Å². The monoisotopic (exact) mass is 840 g/mol. The van der Waals surface area contributed by atoms with E-state index in [2.05, 4.69) is 56.8 Å². The topological polar surface area (TPSA) is 431 Å². The number of carbonyl (C=O) groups excluding carboxylic acids is 5. The van der Waals surface area contributed by atoms with Gasteiger partial charge in [0.1, 0.15) is 24.2 Å². The van der Waals surface area contributed by atoms with E-state index in [1.54, 1.807) is 0 Å². The van der Waals surface area contributed by atoms with Gasteiger partial charge in [-0.05, 0) is 43.5 Å². The number of carboxylic acid groups (broad SMARTS) is 3. The molecule has 1 aromatic carbocycles. The van der Waals surface area contributed by atoms with E-state index < -0.39 is 103 Å². The summed E-state index contributed by atoms with van der Waals surface area (Å²) in [6, 6.07) is -0.640. The predicted octanol–water partition coefficient (Wildman–Crippen LogP) is -3.93. The number of aromatic amines is 1. The second kappa shape index (κ2) is 22.1. The third-order valence-corrected chi connectivity index (χ3v) is 8.24. The quantitative estimate of drug-likeness (QED) is 0.0246. The van der Waals surface area contributed by atoms with Gasteiger partial charge in [-0.2, -0.15) is 4.98 Å². The van der Waals surface area contributed by atoms with Crippen LogP contribution in [-0.2, 0) is 40.1 Å². The van der Waals surface area contributed by atoms with Crippen molar-refractivity contribution in [2.45, 2.75) is 69.2 Å². The van der Waals surface area contributed by atoms with Crippen LogP contribution in [-0.4, -0.2) is 126 Å². The third-order valence-electron chi connectivity index (χ3n) is 8.24. The minimum absolute atomic E-state index is 0.0129. The molecule has 322 valence electrons. The van der Waals surface area contributed by atoms with Crippen LogP contribution in [0.4, 0.5) is 11.6 Å². The van der Waals surface area contributed by atoms with Crippen molar-refractivity contribution >= 4 is 76.2 Å². The number of carbonyl (C=O) groups is 8. The van der Waals surface area contributed by atoms with Crippen molar-refractivity contribution in [3.8, 4) is 0 Å². The molecule has 3 rings (SSSR count). The van der Waals surface area contributed by atoms with Crippen LogP contribution in [0.25, 0.3) is 11.2 Å². The molecule has 26 nitrogen and oxygen atoms in total. The number of fused-ring (bicyclic) bond motifs is 1. The van der Waals surface area contributed by atoms with Crippen molar-refractivity contribution in [1.29, 1.82) is 0 Å². The second-order valence-corrected chi connectivity index (χ2v) is 12.8. The molecular weight excluding hydrogens is 796 g/mol. The molecule has 0 spiro atoms. The number of guanidine groups is 1. The van der Waals surface area contributed by atoms with Crippen molar-refractivity contribution in [2.75, 3.05) is 24.6 Å². The molecule has 2 heterocycles. The fourth-order valence-corrected chi connectivity index (χ4v) is 5.29. The number of nitrogens with zero attached hydrogens (tertiary/aromatic N) is 4. The third kappa shape index (κ3) is 14.9. The highest BCUT2D eigenvalue weighted by molar-refractivity contribution is 5.98. The first-order valence-electron chi connectivity index (χ1n) is 17.9. The summed E-state index contributed by atoms with van der Waals surface area (Å²) in [4.78, 5) is 130. The Balaban J connectivity index is 1.62. The van der Waals surface area contributed by atoms with Crippen LogP contribution in [0.5, 0.6) is 0 Å². The van der Waals surface area contributed by atoms with E-state index in [4.69, 9.17) is 17.2 Å². The van der Waals surface area contributed by atoms with Crippen LogP contribution >= 0.6 is 0 Å². The number of nitrogens with one attached hydrogen (secondary N) is 7. The van der Waals surface area contributed by atoms with Crippen molar-refractivity contribution in [1.82, 2.24) is 46.5 Å². The van der Waals surface area contributed by atoms with Gasteiger partial charge in [0.15, 0.2) is 17.1 Å². The van der Waals surface area contributed by atoms with Crippen LogP contribution < -0.4 is 54.7 Å². The lowest BCUT2D eigenvalue weighted by Gasteiger charge is -2.24. The molecule has 0 radical (unpaired) electrons. The molecule has 0 fully saturated rings. The largest absolute Gasteiger partial charge is 0.481 e. The first kappa shape index (κ1) is 46.5. The summed E-state index contributed by atoms with van der Waals surface area (Å²) in [5.74, 6) is -9.67. The van der Waals surface area contributed by atoms with E-state index in [-0.39, 0.29) is 54.6 Å². The number of carboxylic acids is 3. The summed E-state index contributed by atoms with van der Waals surface area (Å²) >= 11 is 0. The molecule has 0 bridgehead atoms. The van der Waals surface area contributed by atoms with E-state index in [9.17, 15) is 58.5 Å². The van der Waals surface area contributed by atoms with E-state index in [1.165, 1.54) is 37.5 Å². The number of nitrogens with two attached hydrogens (primary N) is 3. The number of nitrogen functional groups attached to an aromatic ring is 1. The van der Waals surface area contributed by atoms with Crippen molar-refractivity contribution < 1.29 is 53.7 Å². The van der Waals surface area contributed by atoms with Gasteiger partial charge in [0.05, 0.1) is 31.3 Å². The zero-order valence-electron chi connectivity index (χ0n) is 31.9. The smallest absolute Gasteiger partial charge is 0.326 e. The fraction of sp³-hybridized carbons (Fsp3) is 0.382. The molecule has 5 amide bonds. The van der Waals surface area contributed by atoms with Gasteiger partial charge in [0.25, 0.3) is 11.5 Å². The normalized spacial score (nSPS) is 12.7. The maximum absolute atomic E-state index is 13.3. The van der Waals surface area contributed by atoms with Gasteiger partial charge < -0.3 is 64.4 Å². The predicted molar refractivity (Wildman–Crippen MR) is 209 cm³/mol. The highest BCUT2D eigenvalue weighted by Crippen LogP contribution is 2.13. The van der Waals surface area contributed by atoms with Crippen molar-refractivity contribution in [3.05, 3.63) is 52.1 Å². The molecule has 0 saturated heterocycles. The van der Waals surface area contributed by atoms with Crippen molar-refractivity contribution in [3.63, 3.8) is 0 Å². The first-order chi connectivity index (χ1) is 28.4. The lowest BCUT2D eigenvalue weighted by Crippen LogP contribution is -2.57. The number of anilines is 2. The summed E-state index contributed by atoms with van der Waals surface area (Å²) < 4.78 is 0. The highest BCUT2D eigenvalue weighted by atomic mass is 16.4. The van der Waals surface area contributed by atoms with Gasteiger partial charge >= 0.3 is 17.9 Å². The average Bonchev–Trinajstić information content (AvgIpc) is 3.18. The van der Waals surface area contributed by atoms with E-state index in [0.29, 0.717) is 11.4 Å². The molecule has 3 aromatic rings. The molecule has 2 aromatic heterocycles. The lowest BCUT2D eigenvalue weighted by molar-refractivity contribution is -0.141. The lowest BCUT2D eigenvalue weighted by atomic mass is 10.1. The Kier molecular flexibility index (Phi) is 17.1. The van der Waals surface area contributed by atoms with Gasteiger partial charge in [0, 0.05) is 31.3 Å². The number of H-pyrrole nitrogens is 1. The Bertz CT molecular complexity index is 2180. The average molecular weight is 841 g/mol. The Morgan fingerprint density at radius 1 is 0.800 bits per heavy atom. The van der Waals surface area contributed by atoms with Gasteiger partial charge in [-0.1, -0.05) is 0 Å². The maximum Gasteiger partial charge on any atom is 0.326 e. The molecule has 16 N–H and O–H groups in total. The summed E-state index contributed by atoms with van der Waals surface area (Å²) in [5.41, 5.74) is 16.6. The SMILES string of the molecule is CNC(=O)C(CC(=O)O)NC(=O)C(CCCN=C(N)N)NC(=O)C(CC(=O)O)NC(=O)CCC(NC(=O)c1ccc(NCc2cnc3nc(N)[nH]c(=O)c3n2)cc1)C(=O)O. The molecule has 26 heteroatoms. The first-order valence-corrected chi connectivity index (χ1v) is 17.9. The molecule has 0 aliphatic heterocycles. The van der Waals surface area contributed by atoms with E-state index >= 15 is 0 Å². The minimum Gasteiger partial charge on any atom is -0.481 e. The highest BCUT2D eigenvalue weighted by Gasteiger charge is 2.32. The van der Waals surface area contributed by atoms with E-state index in [1.807, 2.05) is 0 Å². The molecule has 0 aliphatic rings. The summed E-state index contributed by atoms with van der Waals surface area (Å²) in [6.07, 6.45) is -1.62. The van der Waals surface area contributed by atoms with Gasteiger partial charge in [0.2, 0.25) is 29.6 Å². The maximum atomic E-state index is 13.3. The van der Waals surface area contributed by atoms with Crippen molar-refractivity contribution in [2.24, 2.45) is 16.5 Å². The summed E-state index contributed by atoms with van der Waals surface area (Å²) in [5, 5.41) is 42.6. The molecular formula is C34H44N14O12. The second-order valence-electron chi connectivity index (χ2n) is 12.8. The summed E-state index contributed by atoms with van der Waals surface area (Å²) in [6.45, 7) is 0.110. The van der Waals surface area contributed by atoms with Crippen LogP contribution in [0, 0.1) is 0 Å². The molecule has 4 unspecified atom stereocenters. The fourth-order valence-electron chi connectivity index (χ4n) is 5.29. The van der Waals surface area contributed by atoms with Crippen LogP contribution in [0.2, 0.25) is 0 Å². The zero-order valence-corrected chi connectivity index (χ0v) is 31.9. The Morgan fingerprint density at radius 2 is 1.42 bits per heavy atom. The van der Waals surface area contributed by atoms with Gasteiger partial charge in [-0.25, -0.2) is 14.8 Å². The standard InChI is InChI=1S/C34H44N14O12/c1-38-28(55)20(11-23(50)51)46-29(56)18(3-2-10-39-33(35)36)44-30(57)21(12-24(52)53)43-22(49)9-8-19(32(59)60)45-27(54)15-4-6-16(7-5-15)40-13-17-14-41-26-25(42-17)31(58)48-34(37)47-26/h4-7,14,18-21,40H,2-3,8-13H2,1H3,(H,38,55)(H,43,49)(H,44,57)(H,45,54)(H,46,56)(H,50,51)(H,52,53)(H,59,60)(H4,35,36,39)(H3,37,41,47,48,58). The number of benzene rings is 1. The number of hydrogen-bond donors (Lipinski definition) is 13. The molecule has 0 aliphatic carbocycles. The van der Waals surface area contributed by atoms with Gasteiger partial charge in [-0.3, -0.25) is 48.3 Å². The van der Waals surface area contributed by atoms with Gasteiger partial charge in [-0.15, -0.1) is 0 Å². The number of likely N-dealkylation sites (N-methyl/N-ethyl adjacent to an activating group) is 1. The zero-order chi connectivity index (χ0) is 44.5. The van der Waals surface area contributed by atoms with Crippen LogP contribution in [0.3, 0.4) is 0 Å². The Hall–Kier alpha value is -7.93. The number of aliphatic imine (C=N–C) groups is 1. The number of rotatable bonds is 23. The number of hydrogen-bond acceptors (Lipinski definition) is 15. The number of aromatic nitrogens is 4. The molecule has 60 heavy (non-hydrogen) atoms. The Labute approximate surface area is 338 Å². The van der Waals surface area contributed by atoms with E-state index in [0.717, 1.165) is 0 Å².